The number of nitrogens with one attached hydrogen (secondary N) is 1. The monoisotopic (exact) mass is 396 g/mol. The molecule has 0 aliphatic heterocycles. The summed E-state index contributed by atoms with van der Waals surface area (Å²) in [6.45, 7) is 0.846. The summed E-state index contributed by atoms with van der Waals surface area (Å²) in [5, 5.41) is 0. The molecule has 0 bridgehead atoms. The average Bonchev–Trinajstić information content (AvgIpc) is 2.72. The lowest BCUT2D eigenvalue weighted by Crippen LogP contribution is -2.23. The van der Waals surface area contributed by atoms with Crippen LogP contribution in [0.5, 0.6) is 5.75 Å². The fourth-order valence-electron chi connectivity index (χ4n) is 2.72. The SMILES string of the molecule is Nc1ccc(S(=O)(=O)NCc2ccc(OCCCc3ccccc3)cc2)cc1. The maximum Gasteiger partial charge on any atom is 0.240 e. The van der Waals surface area contributed by atoms with E-state index in [0.29, 0.717) is 12.3 Å². The van der Waals surface area contributed by atoms with Crippen LogP contribution in [0.3, 0.4) is 0 Å². The summed E-state index contributed by atoms with van der Waals surface area (Å²) < 4.78 is 32.9. The molecule has 3 aromatic rings. The summed E-state index contributed by atoms with van der Waals surface area (Å²) in [7, 11) is -3.57. The molecule has 0 unspecified atom stereocenters. The molecular formula is C22H24N2O3S. The number of rotatable bonds is 9. The van der Waals surface area contributed by atoms with Gasteiger partial charge in [-0.1, -0.05) is 42.5 Å². The molecule has 0 atom stereocenters. The van der Waals surface area contributed by atoms with Gasteiger partial charge in [0.25, 0.3) is 0 Å². The smallest absolute Gasteiger partial charge is 0.240 e. The molecule has 3 N–H and O–H groups in total. The number of anilines is 1. The van der Waals surface area contributed by atoms with E-state index in [1.165, 1.54) is 17.7 Å². The Bertz CT molecular complexity index is 971. The highest BCUT2D eigenvalue weighted by atomic mass is 32.2. The van der Waals surface area contributed by atoms with Crippen molar-refractivity contribution in [2.24, 2.45) is 0 Å². The van der Waals surface area contributed by atoms with Gasteiger partial charge in [0.15, 0.2) is 0 Å². The van der Waals surface area contributed by atoms with E-state index in [0.717, 1.165) is 24.2 Å². The molecule has 0 fully saturated rings. The second-order valence-electron chi connectivity index (χ2n) is 6.48. The van der Waals surface area contributed by atoms with Crippen LogP contribution < -0.4 is 15.2 Å². The highest BCUT2D eigenvalue weighted by Gasteiger charge is 2.13. The number of hydrogen-bond acceptors (Lipinski definition) is 4. The van der Waals surface area contributed by atoms with Crippen molar-refractivity contribution in [3.05, 3.63) is 90.0 Å². The first-order valence-electron chi connectivity index (χ1n) is 9.14. The number of benzene rings is 3. The van der Waals surface area contributed by atoms with E-state index in [-0.39, 0.29) is 11.4 Å². The second kappa shape index (κ2) is 9.39. The molecule has 5 nitrogen and oxygen atoms in total. The van der Waals surface area contributed by atoms with Crippen molar-refractivity contribution >= 4 is 15.7 Å². The normalized spacial score (nSPS) is 11.3. The van der Waals surface area contributed by atoms with Crippen molar-refractivity contribution in [1.29, 1.82) is 0 Å². The predicted molar refractivity (Wildman–Crippen MR) is 112 cm³/mol. The molecule has 0 aromatic heterocycles. The summed E-state index contributed by atoms with van der Waals surface area (Å²) in [5.41, 5.74) is 8.28. The van der Waals surface area contributed by atoms with Crippen LogP contribution in [0.4, 0.5) is 5.69 Å². The minimum absolute atomic E-state index is 0.195. The number of sulfonamides is 1. The van der Waals surface area contributed by atoms with Gasteiger partial charge in [-0.2, -0.15) is 0 Å². The first-order chi connectivity index (χ1) is 13.5. The zero-order valence-corrected chi connectivity index (χ0v) is 16.4. The van der Waals surface area contributed by atoms with Crippen LogP contribution in [-0.4, -0.2) is 15.0 Å². The van der Waals surface area contributed by atoms with Gasteiger partial charge in [0.05, 0.1) is 11.5 Å². The number of aryl methyl sites for hydroxylation is 1. The standard InChI is InChI=1S/C22H24N2O3S/c23-20-10-14-22(15-11-20)28(25,26)24-17-19-8-12-21(13-9-19)27-16-4-7-18-5-2-1-3-6-18/h1-3,5-6,8-15,24H,4,7,16-17,23H2. The van der Waals surface area contributed by atoms with Crippen molar-refractivity contribution < 1.29 is 13.2 Å². The number of nitrogens with two attached hydrogens (primary N) is 1. The van der Waals surface area contributed by atoms with Crippen LogP contribution in [0.15, 0.2) is 83.8 Å². The van der Waals surface area contributed by atoms with Gasteiger partial charge in [-0.3, -0.25) is 0 Å². The Balaban J connectivity index is 1.45. The molecule has 0 radical (unpaired) electrons. The van der Waals surface area contributed by atoms with E-state index < -0.39 is 10.0 Å². The Morgan fingerprint density at radius 3 is 2.18 bits per heavy atom. The van der Waals surface area contributed by atoms with Gasteiger partial charge in [-0.05, 0) is 60.4 Å². The van der Waals surface area contributed by atoms with Crippen molar-refractivity contribution in [3.63, 3.8) is 0 Å². The minimum Gasteiger partial charge on any atom is -0.494 e. The van der Waals surface area contributed by atoms with Crippen LogP contribution in [0.1, 0.15) is 17.5 Å². The molecule has 0 saturated heterocycles. The maximum absolute atomic E-state index is 12.3. The van der Waals surface area contributed by atoms with E-state index in [1.807, 2.05) is 42.5 Å². The zero-order valence-electron chi connectivity index (χ0n) is 15.5. The van der Waals surface area contributed by atoms with Crippen LogP contribution in [-0.2, 0) is 23.0 Å². The summed E-state index contributed by atoms with van der Waals surface area (Å²) in [6, 6.07) is 23.9. The molecular weight excluding hydrogens is 372 g/mol. The largest absolute Gasteiger partial charge is 0.494 e. The lowest BCUT2D eigenvalue weighted by molar-refractivity contribution is 0.311. The third-order valence-corrected chi connectivity index (χ3v) is 5.72. The molecule has 0 amide bonds. The van der Waals surface area contributed by atoms with Crippen LogP contribution in [0.25, 0.3) is 0 Å². The van der Waals surface area contributed by atoms with Crippen molar-refractivity contribution in [3.8, 4) is 5.75 Å². The van der Waals surface area contributed by atoms with Crippen molar-refractivity contribution in [2.75, 3.05) is 12.3 Å². The Labute approximate surface area is 166 Å². The average molecular weight is 397 g/mol. The minimum atomic E-state index is -3.57. The molecule has 0 spiro atoms. The Morgan fingerprint density at radius 2 is 1.50 bits per heavy atom. The molecule has 3 aromatic carbocycles. The van der Waals surface area contributed by atoms with E-state index in [9.17, 15) is 8.42 Å². The molecule has 0 saturated carbocycles. The maximum atomic E-state index is 12.3. The number of nitrogen functional groups attached to an aromatic ring is 1. The van der Waals surface area contributed by atoms with Gasteiger partial charge in [0, 0.05) is 12.2 Å². The van der Waals surface area contributed by atoms with Crippen LogP contribution in [0.2, 0.25) is 0 Å². The van der Waals surface area contributed by atoms with Crippen LogP contribution in [0, 0.1) is 0 Å². The summed E-state index contributed by atoms with van der Waals surface area (Å²) >= 11 is 0. The summed E-state index contributed by atoms with van der Waals surface area (Å²) in [5.74, 6) is 0.776. The van der Waals surface area contributed by atoms with Crippen molar-refractivity contribution in [2.45, 2.75) is 24.3 Å². The molecule has 28 heavy (non-hydrogen) atoms. The lowest BCUT2D eigenvalue weighted by atomic mass is 10.1. The summed E-state index contributed by atoms with van der Waals surface area (Å²) in [4.78, 5) is 0.195. The zero-order chi connectivity index (χ0) is 19.8. The molecule has 0 aliphatic carbocycles. The van der Waals surface area contributed by atoms with Gasteiger partial charge in [-0.15, -0.1) is 0 Å². The Kier molecular flexibility index (Phi) is 6.68. The predicted octanol–water partition coefficient (Wildman–Crippen LogP) is 3.76. The van der Waals surface area contributed by atoms with Gasteiger partial charge in [0.2, 0.25) is 10.0 Å². The lowest BCUT2D eigenvalue weighted by Gasteiger charge is -2.09. The number of hydrogen-bond donors (Lipinski definition) is 2. The van der Waals surface area contributed by atoms with Gasteiger partial charge >= 0.3 is 0 Å². The fraction of sp³-hybridized carbons (Fsp3) is 0.182. The second-order valence-corrected chi connectivity index (χ2v) is 8.24. The molecule has 146 valence electrons. The van der Waals surface area contributed by atoms with E-state index in [2.05, 4.69) is 16.9 Å². The number of ether oxygens (including phenoxy) is 1. The molecule has 3 rings (SSSR count). The Morgan fingerprint density at radius 1 is 0.821 bits per heavy atom. The van der Waals surface area contributed by atoms with Crippen molar-refractivity contribution in [1.82, 2.24) is 4.72 Å². The molecule has 0 aliphatic rings. The molecule has 0 heterocycles. The summed E-state index contributed by atoms with van der Waals surface area (Å²) in [6.07, 6.45) is 1.92. The van der Waals surface area contributed by atoms with E-state index in [4.69, 9.17) is 10.5 Å². The first kappa shape index (κ1) is 19.9. The topological polar surface area (TPSA) is 81.4 Å². The van der Waals surface area contributed by atoms with E-state index in [1.54, 1.807) is 12.1 Å². The highest BCUT2D eigenvalue weighted by Crippen LogP contribution is 2.15. The van der Waals surface area contributed by atoms with Gasteiger partial charge < -0.3 is 10.5 Å². The Hall–Kier alpha value is -2.83. The van der Waals surface area contributed by atoms with Gasteiger partial charge in [-0.25, -0.2) is 13.1 Å². The first-order valence-corrected chi connectivity index (χ1v) is 10.6. The third kappa shape index (κ3) is 5.84. The molecule has 6 heteroatoms. The fourth-order valence-corrected chi connectivity index (χ4v) is 3.74. The van der Waals surface area contributed by atoms with E-state index >= 15 is 0 Å². The van der Waals surface area contributed by atoms with Crippen LogP contribution >= 0.6 is 0 Å². The quantitative estimate of drug-likeness (QED) is 0.426. The highest BCUT2D eigenvalue weighted by molar-refractivity contribution is 7.89. The third-order valence-electron chi connectivity index (χ3n) is 4.30. The van der Waals surface area contributed by atoms with Gasteiger partial charge in [0.1, 0.15) is 5.75 Å².